The third kappa shape index (κ3) is 3.69. The van der Waals surface area contributed by atoms with E-state index in [1.807, 2.05) is 26.8 Å². The van der Waals surface area contributed by atoms with Crippen LogP contribution in [-0.2, 0) is 47.7 Å². The molecule has 6 fully saturated rings. The van der Waals surface area contributed by atoms with E-state index in [0.29, 0.717) is 6.42 Å². The zero-order chi connectivity index (χ0) is 33.6. The number of carbonyl (C=O) groups is 5. The Bertz CT molecular complexity index is 1470. The Balaban J connectivity index is 1.46. The number of aliphatic hydroxyl groups excluding tert-OH is 1. The van der Waals surface area contributed by atoms with Crippen molar-refractivity contribution in [3.8, 4) is 0 Å². The molecule has 17 atom stereocenters. The largest absolute Gasteiger partial charge is 0.462 e. The number of aliphatic hydroxyl groups is 2. The maximum atomic E-state index is 14.3. The number of hydrogen-bond acceptors (Lipinski definition) is 12. The number of carbonyl (C=O) groups excluding carboxylic acids is 5. The molecule has 12 nitrogen and oxygen atoms in total. The first-order chi connectivity index (χ1) is 21.3. The van der Waals surface area contributed by atoms with Gasteiger partial charge in [-0.25, -0.2) is 4.79 Å². The van der Waals surface area contributed by atoms with Crippen molar-refractivity contribution in [1.29, 1.82) is 0 Å². The van der Waals surface area contributed by atoms with Crippen LogP contribution in [0.5, 0.6) is 0 Å². The van der Waals surface area contributed by atoms with Crippen LogP contribution in [0.4, 0.5) is 0 Å². The molecule has 0 spiro atoms. The number of esters is 4. The number of rotatable bonds is 3. The minimum atomic E-state index is -2.00. The first-order valence-electron chi connectivity index (χ1n) is 16.4. The van der Waals surface area contributed by atoms with Crippen LogP contribution in [0.1, 0.15) is 68.2 Å². The summed E-state index contributed by atoms with van der Waals surface area (Å²) in [6.07, 6.45) is -2.31. The molecule has 6 unspecified atom stereocenters. The average Bonchev–Trinajstić information content (AvgIpc) is 3.63. The highest BCUT2D eigenvalue weighted by Gasteiger charge is 2.81. The fraction of sp³-hybridized carbons (Fsp3) is 0.794. The lowest BCUT2D eigenvalue weighted by Crippen LogP contribution is -2.70. The quantitative estimate of drug-likeness (QED) is 0.260. The molecule has 4 saturated carbocycles. The SMILES string of the molecule is CC(=O)OC1C2[C@H]3C(C[C@H](OC(C)=O)[C@]2(C)C2C(C)C=C4OC(=O)[C@@](C)(O)[C@]4(C)[C@H]12)[C@]1(C)C(C[C@@H]2O[C@@H]2[C@@H]1OC(C)=O)C(=O)[C@@H]3O. The molecule has 0 aromatic rings. The smallest absolute Gasteiger partial charge is 0.343 e. The molecule has 0 aromatic heterocycles. The predicted molar refractivity (Wildman–Crippen MR) is 155 cm³/mol. The molecule has 0 radical (unpaired) electrons. The van der Waals surface area contributed by atoms with Gasteiger partial charge in [0.05, 0.1) is 11.5 Å². The van der Waals surface area contributed by atoms with Gasteiger partial charge in [0.15, 0.2) is 11.4 Å². The van der Waals surface area contributed by atoms with Gasteiger partial charge in [-0.05, 0) is 50.5 Å². The van der Waals surface area contributed by atoms with Gasteiger partial charge in [0.1, 0.15) is 36.3 Å². The van der Waals surface area contributed by atoms with Gasteiger partial charge in [-0.15, -0.1) is 0 Å². The molecule has 2 aliphatic heterocycles. The average molecular weight is 645 g/mol. The monoisotopic (exact) mass is 644 g/mol. The van der Waals surface area contributed by atoms with Crippen LogP contribution in [0.15, 0.2) is 11.8 Å². The topological polar surface area (TPSA) is 175 Å². The fourth-order valence-electron chi connectivity index (χ4n) is 11.8. The van der Waals surface area contributed by atoms with Crippen molar-refractivity contribution in [2.24, 2.45) is 57.7 Å². The first-order valence-corrected chi connectivity index (χ1v) is 16.4. The molecule has 2 saturated heterocycles. The normalized spacial score (nSPS) is 54.4. The summed E-state index contributed by atoms with van der Waals surface area (Å²) >= 11 is 0. The predicted octanol–water partition coefficient (Wildman–Crippen LogP) is 1.87. The molecule has 0 aromatic carbocycles. The summed E-state index contributed by atoms with van der Waals surface area (Å²) in [6.45, 7) is 12.8. The van der Waals surface area contributed by atoms with Gasteiger partial charge in [0.25, 0.3) is 0 Å². The van der Waals surface area contributed by atoms with Crippen LogP contribution < -0.4 is 0 Å². The number of epoxide rings is 1. The van der Waals surface area contributed by atoms with E-state index in [-0.39, 0.29) is 30.0 Å². The van der Waals surface area contributed by atoms with Crippen molar-refractivity contribution >= 4 is 29.7 Å². The summed E-state index contributed by atoms with van der Waals surface area (Å²) in [6, 6.07) is 0. The molecular formula is C34H44O12. The number of fused-ring (bicyclic) bond motifs is 10. The second-order valence-corrected chi connectivity index (χ2v) is 15.8. The lowest BCUT2D eigenvalue weighted by atomic mass is 9.42. The van der Waals surface area contributed by atoms with Crippen LogP contribution in [0.3, 0.4) is 0 Å². The number of ketones is 1. The molecule has 0 amide bonds. The van der Waals surface area contributed by atoms with Gasteiger partial charge in [-0.1, -0.05) is 20.8 Å². The van der Waals surface area contributed by atoms with Gasteiger partial charge in [-0.3, -0.25) is 19.2 Å². The van der Waals surface area contributed by atoms with E-state index < -0.39 is 112 Å². The summed E-state index contributed by atoms with van der Waals surface area (Å²) in [5, 5.41) is 23.9. The maximum absolute atomic E-state index is 14.3. The number of Topliss-reactive ketones (excluding diaryl/α,β-unsaturated/α-hetero) is 1. The molecule has 46 heavy (non-hydrogen) atoms. The second-order valence-electron chi connectivity index (χ2n) is 15.8. The van der Waals surface area contributed by atoms with Crippen molar-refractivity contribution in [2.75, 3.05) is 0 Å². The van der Waals surface area contributed by atoms with Crippen molar-refractivity contribution < 1.29 is 57.9 Å². The van der Waals surface area contributed by atoms with Gasteiger partial charge in [0, 0.05) is 55.3 Å². The van der Waals surface area contributed by atoms with Crippen LogP contribution in [-0.4, -0.2) is 82.1 Å². The van der Waals surface area contributed by atoms with Crippen LogP contribution in [0.25, 0.3) is 0 Å². The molecule has 252 valence electrons. The molecule has 2 N–H and O–H groups in total. The van der Waals surface area contributed by atoms with Gasteiger partial charge < -0.3 is 33.9 Å². The molecule has 5 aliphatic carbocycles. The molecule has 2 heterocycles. The van der Waals surface area contributed by atoms with Crippen molar-refractivity contribution in [3.63, 3.8) is 0 Å². The highest BCUT2D eigenvalue weighted by atomic mass is 16.6. The minimum Gasteiger partial charge on any atom is -0.462 e. The standard InChI is InChI=1S/C34H44O12/c1-12-9-20-33(7,34(8,41)30(40)46-20)24-22(12)32(6)19(42-13(2)35)11-16-21(23(32)28(24)43-14(3)36)26(39)25(38)17-10-18-27(45-18)29(31(16,17)5)44-15(4)37/h9,12,16-19,21-24,26-29,39,41H,10-11H2,1-8H3/t12?,16?,17?,18-,19-,21+,22?,23?,24-,26+,27-,28?,29-,31+,32+,33-,34+/m0/s1. The van der Waals surface area contributed by atoms with E-state index in [2.05, 4.69) is 0 Å². The van der Waals surface area contributed by atoms with E-state index >= 15 is 0 Å². The molecule has 7 aliphatic rings. The molecule has 7 rings (SSSR count). The highest BCUT2D eigenvalue weighted by Crippen LogP contribution is 2.75. The summed E-state index contributed by atoms with van der Waals surface area (Å²) in [5.74, 6) is -6.84. The third-order valence-electron chi connectivity index (χ3n) is 13.8. The lowest BCUT2D eigenvalue weighted by molar-refractivity contribution is -0.235. The van der Waals surface area contributed by atoms with Gasteiger partial charge in [0.2, 0.25) is 0 Å². The molecule has 0 bridgehead atoms. The summed E-state index contributed by atoms with van der Waals surface area (Å²) in [5.41, 5.74) is -5.36. The van der Waals surface area contributed by atoms with Crippen LogP contribution in [0, 0.1) is 57.7 Å². The molecule has 12 heteroatoms. The lowest BCUT2D eigenvalue weighted by Gasteiger charge is -2.63. The Kier molecular flexibility index (Phi) is 6.64. The molecular weight excluding hydrogens is 600 g/mol. The summed E-state index contributed by atoms with van der Waals surface area (Å²) in [7, 11) is 0. The Morgan fingerprint density at radius 2 is 1.52 bits per heavy atom. The van der Waals surface area contributed by atoms with E-state index in [9.17, 15) is 34.2 Å². The van der Waals surface area contributed by atoms with E-state index in [1.54, 1.807) is 6.92 Å². The highest BCUT2D eigenvalue weighted by molar-refractivity contribution is 5.88. The van der Waals surface area contributed by atoms with Gasteiger partial charge >= 0.3 is 23.9 Å². The number of ether oxygens (including phenoxy) is 5. The van der Waals surface area contributed by atoms with Crippen molar-refractivity contribution in [2.45, 2.75) is 110 Å². The van der Waals surface area contributed by atoms with Crippen LogP contribution >= 0.6 is 0 Å². The Labute approximate surface area is 267 Å². The minimum absolute atomic E-state index is 0.242. The number of hydrogen-bond donors (Lipinski definition) is 2. The summed E-state index contributed by atoms with van der Waals surface area (Å²) in [4.78, 5) is 65.7. The Morgan fingerprint density at radius 3 is 2.13 bits per heavy atom. The Morgan fingerprint density at radius 1 is 0.891 bits per heavy atom. The van der Waals surface area contributed by atoms with Gasteiger partial charge in [-0.2, -0.15) is 0 Å². The van der Waals surface area contributed by atoms with E-state index in [1.165, 1.54) is 27.7 Å². The Hall–Kier alpha value is -2.83. The number of allylic oxidation sites excluding steroid dienone is 1. The zero-order valence-electron chi connectivity index (χ0n) is 27.5. The first kappa shape index (κ1) is 31.8. The van der Waals surface area contributed by atoms with E-state index in [4.69, 9.17) is 23.7 Å². The maximum Gasteiger partial charge on any atom is 0.343 e. The van der Waals surface area contributed by atoms with Crippen molar-refractivity contribution in [1.82, 2.24) is 0 Å². The summed E-state index contributed by atoms with van der Waals surface area (Å²) < 4.78 is 29.9. The van der Waals surface area contributed by atoms with Crippen LogP contribution in [0.2, 0.25) is 0 Å². The van der Waals surface area contributed by atoms with E-state index in [0.717, 1.165) is 0 Å². The zero-order valence-corrected chi connectivity index (χ0v) is 27.5. The second kappa shape index (κ2) is 9.63. The fourth-order valence-corrected chi connectivity index (χ4v) is 11.8. The third-order valence-corrected chi connectivity index (χ3v) is 13.8. The van der Waals surface area contributed by atoms with Crippen molar-refractivity contribution in [3.05, 3.63) is 11.8 Å².